The largest absolute Gasteiger partial charge is 0.343 e. The predicted octanol–water partition coefficient (Wildman–Crippen LogP) is 3.70. The fraction of sp³-hybridized carbons (Fsp3) is 0.500. The van der Waals surface area contributed by atoms with Gasteiger partial charge >= 0.3 is 0 Å². The van der Waals surface area contributed by atoms with E-state index in [9.17, 15) is 14.4 Å². The van der Waals surface area contributed by atoms with Crippen molar-refractivity contribution in [2.45, 2.75) is 38.5 Å². The first-order chi connectivity index (χ1) is 15.5. The summed E-state index contributed by atoms with van der Waals surface area (Å²) in [5.41, 5.74) is 0.587. The summed E-state index contributed by atoms with van der Waals surface area (Å²) in [5.74, 6) is -0.0776. The van der Waals surface area contributed by atoms with Crippen LogP contribution in [0.4, 0.5) is 5.69 Å². The van der Waals surface area contributed by atoms with Gasteiger partial charge in [0.25, 0.3) is 11.8 Å². The van der Waals surface area contributed by atoms with Crippen LogP contribution in [-0.2, 0) is 4.79 Å². The Balaban J connectivity index is 1.27. The van der Waals surface area contributed by atoms with Crippen LogP contribution in [0.15, 0.2) is 24.3 Å². The molecule has 32 heavy (non-hydrogen) atoms. The highest BCUT2D eigenvalue weighted by atomic mass is 35.5. The fourth-order valence-electron chi connectivity index (χ4n) is 4.11. The van der Waals surface area contributed by atoms with Crippen LogP contribution < -0.4 is 5.32 Å². The maximum absolute atomic E-state index is 12.8. The molecular formula is C22H26ClN5O3S. The Kier molecular flexibility index (Phi) is 7.36. The van der Waals surface area contributed by atoms with Crippen LogP contribution in [0, 0.1) is 5.92 Å². The van der Waals surface area contributed by atoms with Gasteiger partial charge in [0, 0.05) is 43.3 Å². The fourth-order valence-corrected chi connectivity index (χ4v) is 4.95. The Morgan fingerprint density at radius 2 is 1.59 bits per heavy atom. The molecule has 4 rings (SSSR count). The summed E-state index contributed by atoms with van der Waals surface area (Å²) in [6.07, 6.45) is 5.57. The minimum Gasteiger partial charge on any atom is -0.343 e. The lowest BCUT2D eigenvalue weighted by atomic mass is 9.92. The smallest absolute Gasteiger partial charge is 0.286 e. The number of carbonyl (C=O) groups excluding carboxylic acids is 3. The number of likely N-dealkylation sites (tertiary alicyclic amines) is 2. The van der Waals surface area contributed by atoms with E-state index in [-0.39, 0.29) is 21.8 Å². The van der Waals surface area contributed by atoms with Crippen molar-refractivity contribution in [3.05, 3.63) is 39.3 Å². The minimum atomic E-state index is -0.418. The van der Waals surface area contributed by atoms with Gasteiger partial charge in [-0.15, -0.1) is 10.2 Å². The van der Waals surface area contributed by atoms with Gasteiger partial charge in [-0.3, -0.25) is 14.4 Å². The van der Waals surface area contributed by atoms with Crippen molar-refractivity contribution >= 4 is 46.3 Å². The van der Waals surface area contributed by atoms with Gasteiger partial charge in [0.15, 0.2) is 0 Å². The molecule has 2 saturated heterocycles. The molecule has 0 atom stereocenters. The van der Waals surface area contributed by atoms with Gasteiger partial charge in [0.2, 0.25) is 15.9 Å². The number of amides is 3. The van der Waals surface area contributed by atoms with E-state index in [4.69, 9.17) is 11.6 Å². The average molecular weight is 476 g/mol. The number of rotatable bonds is 5. The SMILES string of the molecule is O=C(Nc1ccc(Cl)cc1)c1nnc(C(=O)N2CCC(CC(=O)N3CCCCC3)CC2)s1. The van der Waals surface area contributed by atoms with E-state index in [1.165, 1.54) is 6.42 Å². The van der Waals surface area contributed by atoms with Crippen molar-refractivity contribution in [2.24, 2.45) is 5.92 Å². The molecule has 1 N–H and O–H groups in total. The van der Waals surface area contributed by atoms with Gasteiger partial charge in [0.05, 0.1) is 0 Å². The Morgan fingerprint density at radius 1 is 0.938 bits per heavy atom. The maximum Gasteiger partial charge on any atom is 0.286 e. The second-order valence-electron chi connectivity index (χ2n) is 8.25. The molecule has 0 aliphatic carbocycles. The molecule has 1 aromatic heterocycles. The predicted molar refractivity (Wildman–Crippen MR) is 123 cm³/mol. The van der Waals surface area contributed by atoms with Gasteiger partial charge < -0.3 is 15.1 Å². The number of piperidine rings is 2. The van der Waals surface area contributed by atoms with Crippen molar-refractivity contribution in [3.8, 4) is 0 Å². The minimum absolute atomic E-state index is 0.130. The zero-order valence-electron chi connectivity index (χ0n) is 17.8. The quantitative estimate of drug-likeness (QED) is 0.711. The highest BCUT2D eigenvalue weighted by molar-refractivity contribution is 7.15. The molecule has 3 amide bonds. The Bertz CT molecular complexity index is 966. The monoisotopic (exact) mass is 475 g/mol. The number of anilines is 1. The van der Waals surface area contributed by atoms with E-state index in [0.717, 1.165) is 50.1 Å². The standard InChI is InChI=1S/C22H26ClN5O3S/c23-16-4-6-17(7-5-16)24-19(30)20-25-26-21(32-20)22(31)28-12-8-15(9-13-28)14-18(29)27-10-2-1-3-11-27/h4-7,15H,1-3,8-14H2,(H,24,30). The van der Waals surface area contributed by atoms with E-state index < -0.39 is 5.91 Å². The summed E-state index contributed by atoms with van der Waals surface area (Å²) < 4.78 is 0. The van der Waals surface area contributed by atoms with Gasteiger partial charge in [0.1, 0.15) is 0 Å². The van der Waals surface area contributed by atoms with Crippen molar-refractivity contribution in [1.82, 2.24) is 20.0 Å². The van der Waals surface area contributed by atoms with Gasteiger partial charge in [-0.05, 0) is 62.3 Å². The lowest BCUT2D eigenvalue weighted by Crippen LogP contribution is -2.41. The molecule has 2 fully saturated rings. The molecule has 0 bridgehead atoms. The maximum atomic E-state index is 12.8. The molecular weight excluding hydrogens is 450 g/mol. The molecule has 1 aromatic carbocycles. The van der Waals surface area contributed by atoms with Crippen LogP contribution in [0.1, 0.15) is 58.1 Å². The lowest BCUT2D eigenvalue weighted by Gasteiger charge is -2.33. The highest BCUT2D eigenvalue weighted by Gasteiger charge is 2.29. The summed E-state index contributed by atoms with van der Waals surface area (Å²) in [7, 11) is 0. The first-order valence-corrected chi connectivity index (χ1v) is 12.2. The second-order valence-corrected chi connectivity index (χ2v) is 9.67. The zero-order chi connectivity index (χ0) is 22.5. The van der Waals surface area contributed by atoms with Crippen LogP contribution in [-0.4, -0.2) is 63.9 Å². The summed E-state index contributed by atoms with van der Waals surface area (Å²) in [6, 6.07) is 6.73. The van der Waals surface area contributed by atoms with Crippen LogP contribution in [0.25, 0.3) is 0 Å². The third-order valence-electron chi connectivity index (χ3n) is 5.98. The molecule has 2 aromatic rings. The van der Waals surface area contributed by atoms with E-state index in [1.54, 1.807) is 29.2 Å². The van der Waals surface area contributed by atoms with Gasteiger partial charge in [-0.2, -0.15) is 0 Å². The van der Waals surface area contributed by atoms with Crippen LogP contribution in [0.2, 0.25) is 5.02 Å². The number of nitrogens with one attached hydrogen (secondary N) is 1. The topological polar surface area (TPSA) is 95.5 Å². The number of hydrogen-bond donors (Lipinski definition) is 1. The van der Waals surface area contributed by atoms with E-state index in [2.05, 4.69) is 15.5 Å². The highest BCUT2D eigenvalue weighted by Crippen LogP contribution is 2.24. The van der Waals surface area contributed by atoms with Crippen molar-refractivity contribution < 1.29 is 14.4 Å². The number of halogens is 1. The van der Waals surface area contributed by atoms with Crippen LogP contribution in [0.5, 0.6) is 0 Å². The first-order valence-electron chi connectivity index (χ1n) is 11.0. The third-order valence-corrected chi connectivity index (χ3v) is 7.14. The van der Waals surface area contributed by atoms with Crippen molar-refractivity contribution in [2.75, 3.05) is 31.5 Å². The third kappa shape index (κ3) is 5.63. The second kappa shape index (κ2) is 10.4. The molecule has 0 radical (unpaired) electrons. The summed E-state index contributed by atoms with van der Waals surface area (Å²) in [4.78, 5) is 41.4. The number of hydrogen-bond acceptors (Lipinski definition) is 6. The average Bonchev–Trinajstić information content (AvgIpc) is 3.32. The van der Waals surface area contributed by atoms with Crippen LogP contribution in [0.3, 0.4) is 0 Å². The lowest BCUT2D eigenvalue weighted by molar-refractivity contribution is -0.133. The number of benzene rings is 1. The molecule has 10 heteroatoms. The summed E-state index contributed by atoms with van der Waals surface area (Å²) in [5, 5.41) is 11.4. The van der Waals surface area contributed by atoms with E-state index in [1.807, 2.05) is 4.90 Å². The first kappa shape index (κ1) is 22.7. The summed E-state index contributed by atoms with van der Waals surface area (Å²) in [6.45, 7) is 2.92. The molecule has 8 nitrogen and oxygen atoms in total. The Hall–Kier alpha value is -2.52. The molecule has 0 saturated carbocycles. The van der Waals surface area contributed by atoms with Crippen LogP contribution >= 0.6 is 22.9 Å². The molecule has 2 aliphatic heterocycles. The van der Waals surface area contributed by atoms with E-state index >= 15 is 0 Å². The normalized spacial score (nSPS) is 17.3. The van der Waals surface area contributed by atoms with Crippen molar-refractivity contribution in [1.29, 1.82) is 0 Å². The number of nitrogens with zero attached hydrogens (tertiary/aromatic N) is 4. The molecule has 0 spiro atoms. The zero-order valence-corrected chi connectivity index (χ0v) is 19.3. The molecule has 0 unspecified atom stereocenters. The molecule has 3 heterocycles. The van der Waals surface area contributed by atoms with Gasteiger partial charge in [-0.25, -0.2) is 0 Å². The summed E-state index contributed by atoms with van der Waals surface area (Å²) >= 11 is 6.84. The molecule has 170 valence electrons. The number of carbonyl (C=O) groups is 3. The van der Waals surface area contributed by atoms with E-state index in [0.29, 0.717) is 36.1 Å². The Labute approximate surface area is 195 Å². The molecule has 2 aliphatic rings. The van der Waals surface area contributed by atoms with Gasteiger partial charge in [-0.1, -0.05) is 22.9 Å². The van der Waals surface area contributed by atoms with Crippen molar-refractivity contribution in [3.63, 3.8) is 0 Å². The number of aromatic nitrogens is 2. The Morgan fingerprint density at radius 3 is 2.28 bits per heavy atom.